The lowest BCUT2D eigenvalue weighted by Crippen LogP contribution is -2.24. The molecule has 8 nitrogen and oxygen atoms in total. The van der Waals surface area contributed by atoms with Crippen LogP contribution >= 0.6 is 0 Å². The number of rotatable bonds is 6. The predicted molar refractivity (Wildman–Crippen MR) is 139 cm³/mol. The van der Waals surface area contributed by atoms with Gasteiger partial charge in [-0.1, -0.05) is 24.3 Å². The summed E-state index contributed by atoms with van der Waals surface area (Å²) in [6.07, 6.45) is 7.40. The number of fused-ring (bicyclic) bond motifs is 2. The van der Waals surface area contributed by atoms with Crippen molar-refractivity contribution in [2.45, 2.75) is 13.0 Å². The zero-order valence-electron chi connectivity index (χ0n) is 19.6. The first kappa shape index (κ1) is 22.4. The number of hydrogen-bond donors (Lipinski definition) is 2. The van der Waals surface area contributed by atoms with Crippen LogP contribution in [0.15, 0.2) is 91.5 Å². The molecule has 37 heavy (non-hydrogen) atoms. The molecule has 0 aliphatic heterocycles. The highest BCUT2D eigenvalue weighted by molar-refractivity contribution is 5.97. The van der Waals surface area contributed by atoms with Crippen molar-refractivity contribution in [3.63, 3.8) is 0 Å². The van der Waals surface area contributed by atoms with Crippen molar-refractivity contribution in [2.24, 2.45) is 0 Å². The summed E-state index contributed by atoms with van der Waals surface area (Å²) in [5.74, 6) is -0.0638. The first-order valence-electron chi connectivity index (χ1n) is 11.7. The second kappa shape index (κ2) is 9.54. The third kappa shape index (κ3) is 4.62. The van der Waals surface area contributed by atoms with Crippen molar-refractivity contribution in [2.75, 3.05) is 0 Å². The van der Waals surface area contributed by atoms with E-state index in [9.17, 15) is 4.39 Å². The number of hydrogen-bond acceptors (Lipinski definition) is 6. The van der Waals surface area contributed by atoms with E-state index in [1.54, 1.807) is 41.4 Å². The molecule has 0 radical (unpaired) electrons. The van der Waals surface area contributed by atoms with Gasteiger partial charge in [-0.05, 0) is 48.0 Å². The Hall–Kier alpha value is -5.05. The van der Waals surface area contributed by atoms with Crippen LogP contribution in [-0.4, -0.2) is 35.4 Å². The van der Waals surface area contributed by atoms with Crippen LogP contribution < -0.4 is 5.32 Å². The van der Waals surface area contributed by atoms with Crippen LogP contribution in [0.2, 0.25) is 0 Å². The lowest BCUT2D eigenvalue weighted by atomic mass is 10.1. The topological polar surface area (TPSA) is 105 Å². The Morgan fingerprint density at radius 1 is 0.892 bits per heavy atom. The van der Waals surface area contributed by atoms with Crippen LogP contribution in [0.3, 0.4) is 0 Å². The van der Waals surface area contributed by atoms with Gasteiger partial charge < -0.3 is 5.32 Å². The van der Waals surface area contributed by atoms with Gasteiger partial charge in [0.2, 0.25) is 0 Å². The van der Waals surface area contributed by atoms with Crippen LogP contribution in [0, 0.1) is 11.2 Å². The molecule has 6 rings (SSSR count). The van der Waals surface area contributed by atoms with Gasteiger partial charge in [-0.2, -0.15) is 5.10 Å². The zero-order valence-corrected chi connectivity index (χ0v) is 19.6. The van der Waals surface area contributed by atoms with Gasteiger partial charge in [-0.25, -0.2) is 18.9 Å². The molecule has 4 heterocycles. The van der Waals surface area contributed by atoms with Gasteiger partial charge in [0.25, 0.3) is 5.78 Å². The lowest BCUT2D eigenvalue weighted by Gasteiger charge is -2.10. The molecule has 6 aromatic rings. The highest BCUT2D eigenvalue weighted by Gasteiger charge is 2.13. The van der Waals surface area contributed by atoms with Crippen LogP contribution in [0.1, 0.15) is 22.5 Å². The van der Waals surface area contributed by atoms with Gasteiger partial charge >= 0.3 is 0 Å². The van der Waals surface area contributed by atoms with Crippen molar-refractivity contribution in [1.29, 1.82) is 5.41 Å². The number of imidazole rings is 1. The molecule has 4 aromatic heterocycles. The Balaban J connectivity index is 1.24. The molecule has 9 heteroatoms. The summed E-state index contributed by atoms with van der Waals surface area (Å²) < 4.78 is 16.7. The average molecular weight is 489 g/mol. The summed E-state index contributed by atoms with van der Waals surface area (Å²) in [6.45, 7) is 0.333. The second-order valence-corrected chi connectivity index (χ2v) is 8.56. The van der Waals surface area contributed by atoms with Gasteiger partial charge in [-0.3, -0.25) is 15.4 Å². The fourth-order valence-electron chi connectivity index (χ4n) is 4.17. The van der Waals surface area contributed by atoms with E-state index in [0.29, 0.717) is 30.0 Å². The monoisotopic (exact) mass is 488 g/mol. The largest absolute Gasteiger partial charge is 0.364 e. The van der Waals surface area contributed by atoms with E-state index in [2.05, 4.69) is 31.3 Å². The van der Waals surface area contributed by atoms with Crippen molar-refractivity contribution < 1.29 is 4.39 Å². The smallest absolute Gasteiger partial charge is 0.250 e. The van der Waals surface area contributed by atoms with Crippen LogP contribution in [0.5, 0.6) is 0 Å². The summed E-state index contributed by atoms with van der Waals surface area (Å²) in [5.41, 5.74) is 4.91. The fourth-order valence-corrected chi connectivity index (χ4v) is 4.17. The number of nitrogens with one attached hydrogen (secondary N) is 2. The van der Waals surface area contributed by atoms with Crippen molar-refractivity contribution in [3.8, 4) is 11.3 Å². The van der Waals surface area contributed by atoms with E-state index < -0.39 is 5.82 Å². The maximum atomic E-state index is 15.0. The highest BCUT2D eigenvalue weighted by Crippen LogP contribution is 2.21. The number of aromatic nitrogens is 6. The minimum absolute atomic E-state index is 0.0151. The molecule has 0 saturated heterocycles. The summed E-state index contributed by atoms with van der Waals surface area (Å²) in [5, 5.41) is 16.9. The Kier molecular flexibility index (Phi) is 5.78. The van der Waals surface area contributed by atoms with Crippen molar-refractivity contribution in [3.05, 3.63) is 120 Å². The number of nitrogens with zero attached hydrogens (tertiary/aromatic N) is 6. The molecule has 2 N–H and O–H groups in total. The summed E-state index contributed by atoms with van der Waals surface area (Å²) >= 11 is 0. The molecule has 0 bridgehead atoms. The number of amidine groups is 1. The first-order valence-corrected chi connectivity index (χ1v) is 11.7. The lowest BCUT2D eigenvalue weighted by molar-refractivity contribution is 0.623. The molecule has 0 aliphatic carbocycles. The second-order valence-electron chi connectivity index (χ2n) is 8.56. The SMILES string of the molecule is N=C(NCc1ccccn1)c1ccc(-c2cnc3ncc(Cc4ccc5ncccc5c4)n3n2)cc1F. The number of benzene rings is 2. The van der Waals surface area contributed by atoms with E-state index in [1.165, 1.54) is 6.07 Å². The molecule has 0 spiro atoms. The average Bonchev–Trinajstić information content (AvgIpc) is 3.34. The molecule has 0 atom stereocenters. The number of pyridine rings is 2. The van der Waals surface area contributed by atoms with Crippen LogP contribution in [0.25, 0.3) is 27.9 Å². The van der Waals surface area contributed by atoms with Gasteiger partial charge in [-0.15, -0.1) is 0 Å². The van der Waals surface area contributed by atoms with Gasteiger partial charge in [0.05, 0.1) is 41.4 Å². The van der Waals surface area contributed by atoms with E-state index in [-0.39, 0.29) is 11.4 Å². The molecular formula is C28H21FN8. The van der Waals surface area contributed by atoms with E-state index in [4.69, 9.17) is 10.5 Å². The molecular weight excluding hydrogens is 467 g/mol. The Morgan fingerprint density at radius 3 is 2.65 bits per heavy atom. The molecule has 180 valence electrons. The summed E-state index contributed by atoms with van der Waals surface area (Å²) in [4.78, 5) is 17.4. The predicted octanol–water partition coefficient (Wildman–Crippen LogP) is 4.58. The van der Waals surface area contributed by atoms with Crippen molar-refractivity contribution >= 4 is 22.5 Å². The standard InChI is InChI=1S/C28H21FN8/c29-24-14-20(7-8-23(24)27(30)33-15-21-5-1-2-10-31-21)26-17-35-28-34-16-22(37(28)36-26)13-18-6-9-25-19(12-18)4-3-11-32-25/h1-12,14,16-17H,13,15H2,(H2,30,33). The zero-order chi connectivity index (χ0) is 25.2. The van der Waals surface area contributed by atoms with Crippen LogP contribution in [0.4, 0.5) is 4.39 Å². The Labute approximate surface area is 211 Å². The summed E-state index contributed by atoms with van der Waals surface area (Å²) in [7, 11) is 0. The Bertz CT molecular complexity index is 1750. The minimum Gasteiger partial charge on any atom is -0.364 e. The van der Waals surface area contributed by atoms with Gasteiger partial charge in [0.1, 0.15) is 17.3 Å². The molecule has 0 aliphatic rings. The normalized spacial score (nSPS) is 11.2. The minimum atomic E-state index is -0.520. The molecule has 0 fully saturated rings. The first-order chi connectivity index (χ1) is 18.1. The summed E-state index contributed by atoms with van der Waals surface area (Å²) in [6, 6.07) is 20.3. The van der Waals surface area contributed by atoms with E-state index >= 15 is 0 Å². The number of halogens is 1. The Morgan fingerprint density at radius 2 is 1.78 bits per heavy atom. The third-order valence-corrected chi connectivity index (χ3v) is 6.06. The quantitative estimate of drug-likeness (QED) is 0.263. The maximum absolute atomic E-state index is 15.0. The van der Waals surface area contributed by atoms with Gasteiger partial charge in [0.15, 0.2) is 0 Å². The van der Waals surface area contributed by atoms with Gasteiger partial charge in [0, 0.05) is 29.8 Å². The van der Waals surface area contributed by atoms with E-state index in [1.807, 2.05) is 42.5 Å². The van der Waals surface area contributed by atoms with Crippen LogP contribution in [-0.2, 0) is 13.0 Å². The molecule has 2 aromatic carbocycles. The molecule has 0 unspecified atom stereocenters. The highest BCUT2D eigenvalue weighted by atomic mass is 19.1. The molecule has 0 amide bonds. The molecule has 0 saturated carbocycles. The maximum Gasteiger partial charge on any atom is 0.250 e. The van der Waals surface area contributed by atoms with Crippen molar-refractivity contribution in [1.82, 2.24) is 34.9 Å². The third-order valence-electron chi connectivity index (χ3n) is 6.06. The fraction of sp³-hybridized carbons (Fsp3) is 0.0714. The van der Waals surface area contributed by atoms with E-state index in [0.717, 1.165) is 27.9 Å².